The first-order chi connectivity index (χ1) is 18.8. The molecule has 0 unspecified atom stereocenters. The minimum Gasteiger partial charge on any atom is -0.372 e. The predicted molar refractivity (Wildman–Crippen MR) is 148 cm³/mol. The Morgan fingerprint density at radius 3 is 2.31 bits per heavy atom. The number of carbonyl (C=O) groups excluding carboxylic acids is 1. The van der Waals surface area contributed by atoms with Crippen LogP contribution in [0.25, 0.3) is 16.9 Å². The number of amides is 1. The number of thiazole rings is 1. The third kappa shape index (κ3) is 5.56. The zero-order chi connectivity index (χ0) is 27.6. The van der Waals surface area contributed by atoms with Gasteiger partial charge in [-0.3, -0.25) is 4.79 Å². The van der Waals surface area contributed by atoms with Crippen molar-refractivity contribution in [3.63, 3.8) is 0 Å². The number of alkyl halides is 3. The van der Waals surface area contributed by atoms with Crippen molar-refractivity contribution < 1.29 is 18.0 Å². The molecule has 5 rings (SSSR count). The summed E-state index contributed by atoms with van der Waals surface area (Å²) in [5, 5.41) is 6.97. The number of para-hydroxylation sites is 1. The topological polar surface area (TPSA) is 54.3 Å². The van der Waals surface area contributed by atoms with Gasteiger partial charge in [-0.1, -0.05) is 30.3 Å². The summed E-state index contributed by atoms with van der Waals surface area (Å²) >= 11 is 1.60. The molecule has 1 aliphatic heterocycles. The van der Waals surface area contributed by atoms with Crippen molar-refractivity contribution in [3.05, 3.63) is 82.4 Å². The number of hydrogen-bond donors (Lipinski definition) is 0. The molecule has 2 aromatic heterocycles. The maximum atomic E-state index is 14.0. The number of rotatable bonds is 7. The van der Waals surface area contributed by atoms with Gasteiger partial charge in [0.25, 0.3) is 5.91 Å². The maximum absolute atomic E-state index is 14.0. The normalized spacial score (nSPS) is 14.5. The van der Waals surface area contributed by atoms with Crippen LogP contribution in [0.4, 0.5) is 18.9 Å². The molecule has 1 aliphatic rings. The molecule has 0 atom stereocenters. The number of halogens is 3. The van der Waals surface area contributed by atoms with Crippen molar-refractivity contribution in [2.75, 3.05) is 31.1 Å². The Hall–Kier alpha value is -3.66. The number of hydrogen-bond acceptors (Lipinski definition) is 5. The molecule has 204 valence electrons. The van der Waals surface area contributed by atoms with Crippen molar-refractivity contribution in [1.29, 1.82) is 0 Å². The highest BCUT2D eigenvalue weighted by Crippen LogP contribution is 2.37. The molecule has 1 fully saturated rings. The predicted octanol–water partition coefficient (Wildman–Crippen LogP) is 6.88. The molecule has 0 bridgehead atoms. The van der Waals surface area contributed by atoms with E-state index in [1.807, 2.05) is 5.38 Å². The Labute approximate surface area is 229 Å². The fourth-order valence-electron chi connectivity index (χ4n) is 5.08. The van der Waals surface area contributed by atoms with E-state index in [2.05, 4.69) is 48.1 Å². The molecular formula is C29H30F3N5OS. The Kier molecular flexibility index (Phi) is 7.74. The number of piperidine rings is 1. The molecule has 10 heteroatoms. The van der Waals surface area contributed by atoms with Gasteiger partial charge in [0.2, 0.25) is 0 Å². The quantitative estimate of drug-likeness (QED) is 0.250. The number of carbonyl (C=O) groups is 1. The van der Waals surface area contributed by atoms with Crippen molar-refractivity contribution in [2.24, 2.45) is 0 Å². The van der Waals surface area contributed by atoms with Gasteiger partial charge in [0.1, 0.15) is 0 Å². The van der Waals surface area contributed by atoms with Gasteiger partial charge in [0.15, 0.2) is 5.69 Å². The van der Waals surface area contributed by atoms with E-state index in [1.54, 1.807) is 29.5 Å². The second-order valence-corrected chi connectivity index (χ2v) is 10.4. The number of anilines is 1. The zero-order valence-electron chi connectivity index (χ0n) is 21.9. The second kappa shape index (κ2) is 11.2. The molecule has 0 aliphatic carbocycles. The smallest absolute Gasteiger partial charge is 0.372 e. The van der Waals surface area contributed by atoms with E-state index in [-0.39, 0.29) is 11.6 Å². The van der Waals surface area contributed by atoms with Gasteiger partial charge < -0.3 is 9.80 Å². The van der Waals surface area contributed by atoms with Gasteiger partial charge in [0, 0.05) is 48.7 Å². The third-order valence-corrected chi connectivity index (χ3v) is 8.22. The second-order valence-electron chi connectivity index (χ2n) is 9.51. The molecule has 0 saturated carbocycles. The van der Waals surface area contributed by atoms with Crippen molar-refractivity contribution in [3.8, 4) is 16.9 Å². The van der Waals surface area contributed by atoms with Crippen LogP contribution in [0.1, 0.15) is 53.7 Å². The lowest BCUT2D eigenvalue weighted by molar-refractivity contribution is -0.143. The molecule has 0 spiro atoms. The fraction of sp³-hybridized carbons (Fsp3) is 0.345. The van der Waals surface area contributed by atoms with Crippen molar-refractivity contribution in [1.82, 2.24) is 19.7 Å². The van der Waals surface area contributed by atoms with Crippen LogP contribution in [0.15, 0.2) is 66.2 Å². The Balaban J connectivity index is 1.27. The summed E-state index contributed by atoms with van der Waals surface area (Å²) in [6, 6.07) is 16.4. The van der Waals surface area contributed by atoms with Crippen LogP contribution in [0.2, 0.25) is 0 Å². The van der Waals surface area contributed by atoms with Crippen molar-refractivity contribution in [2.45, 2.75) is 38.8 Å². The Bertz CT molecular complexity index is 1400. The minimum absolute atomic E-state index is 0.164. The van der Waals surface area contributed by atoms with E-state index in [0.717, 1.165) is 40.2 Å². The van der Waals surface area contributed by atoms with E-state index in [9.17, 15) is 18.0 Å². The van der Waals surface area contributed by atoms with E-state index in [4.69, 9.17) is 4.98 Å². The third-order valence-electron chi connectivity index (χ3n) is 7.21. The zero-order valence-corrected chi connectivity index (χ0v) is 22.7. The molecule has 0 N–H and O–H groups in total. The molecule has 0 radical (unpaired) electrons. The Morgan fingerprint density at radius 2 is 1.69 bits per heavy atom. The maximum Gasteiger partial charge on any atom is 0.434 e. The number of nitrogens with zero attached hydrogens (tertiary/aromatic N) is 5. The number of likely N-dealkylation sites (tertiary alicyclic amines) is 1. The highest BCUT2D eigenvalue weighted by Gasteiger charge is 2.42. The fourth-order valence-corrected chi connectivity index (χ4v) is 6.08. The summed E-state index contributed by atoms with van der Waals surface area (Å²) < 4.78 is 42.9. The molecule has 1 amide bonds. The van der Waals surface area contributed by atoms with Gasteiger partial charge in [-0.2, -0.15) is 18.3 Å². The molecule has 39 heavy (non-hydrogen) atoms. The van der Waals surface area contributed by atoms with Gasteiger partial charge in [-0.15, -0.1) is 11.3 Å². The van der Waals surface area contributed by atoms with E-state index in [1.165, 1.54) is 22.7 Å². The molecular weight excluding hydrogens is 523 g/mol. The monoisotopic (exact) mass is 553 g/mol. The summed E-state index contributed by atoms with van der Waals surface area (Å²) in [4.78, 5) is 21.9. The van der Waals surface area contributed by atoms with Crippen LogP contribution >= 0.6 is 11.3 Å². The average Bonchev–Trinajstić information content (AvgIpc) is 3.63. The van der Waals surface area contributed by atoms with E-state index in [0.29, 0.717) is 25.9 Å². The van der Waals surface area contributed by atoms with Gasteiger partial charge in [-0.25, -0.2) is 9.67 Å². The average molecular weight is 554 g/mol. The summed E-state index contributed by atoms with van der Waals surface area (Å²) in [6.45, 7) is 6.90. The molecule has 3 heterocycles. The lowest BCUT2D eigenvalue weighted by atomic mass is 9.97. The van der Waals surface area contributed by atoms with Crippen LogP contribution < -0.4 is 4.90 Å². The minimum atomic E-state index is -4.73. The largest absolute Gasteiger partial charge is 0.434 e. The number of benzene rings is 2. The first kappa shape index (κ1) is 26.9. The number of aromatic nitrogens is 3. The first-order valence-corrected chi connectivity index (χ1v) is 14.0. The first-order valence-electron chi connectivity index (χ1n) is 13.1. The van der Waals surface area contributed by atoms with Crippen LogP contribution in [-0.2, 0) is 6.18 Å². The van der Waals surface area contributed by atoms with Gasteiger partial charge in [0.05, 0.1) is 28.1 Å². The standard InChI is InChI=1S/C29H30F3N5OS/c1-3-35(4-2)22-12-10-20(11-13-22)25-19-39-27(34-25)21-14-16-36(17-15-21)28(38)24-18-33-37(26(24)29(30,31)32)23-8-6-5-7-9-23/h5-13,18-19,21H,3-4,14-17H2,1-2H3. The van der Waals surface area contributed by atoms with Gasteiger partial charge >= 0.3 is 6.18 Å². The summed E-state index contributed by atoms with van der Waals surface area (Å²) in [6.07, 6.45) is -2.40. The lowest BCUT2D eigenvalue weighted by Crippen LogP contribution is -2.38. The van der Waals surface area contributed by atoms with Crippen LogP contribution in [-0.4, -0.2) is 51.8 Å². The van der Waals surface area contributed by atoms with Crippen molar-refractivity contribution >= 4 is 22.9 Å². The van der Waals surface area contributed by atoms with E-state index >= 15 is 0 Å². The highest BCUT2D eigenvalue weighted by atomic mass is 32.1. The lowest BCUT2D eigenvalue weighted by Gasteiger charge is -2.31. The van der Waals surface area contributed by atoms with Gasteiger partial charge in [-0.05, 0) is 51.0 Å². The Morgan fingerprint density at radius 1 is 1.03 bits per heavy atom. The molecule has 6 nitrogen and oxygen atoms in total. The van der Waals surface area contributed by atoms with E-state index < -0.39 is 23.3 Å². The van der Waals surface area contributed by atoms with Crippen LogP contribution in [0, 0.1) is 0 Å². The van der Waals surface area contributed by atoms with Crippen LogP contribution in [0.3, 0.4) is 0 Å². The van der Waals surface area contributed by atoms with Crippen LogP contribution in [0.5, 0.6) is 0 Å². The highest BCUT2D eigenvalue weighted by molar-refractivity contribution is 7.10. The molecule has 1 saturated heterocycles. The summed E-state index contributed by atoms with van der Waals surface area (Å²) in [5.74, 6) is -0.479. The molecule has 4 aromatic rings. The SMILES string of the molecule is CCN(CC)c1ccc(-c2csc(C3CCN(C(=O)c4cnn(-c5ccccc5)c4C(F)(F)F)CC3)n2)cc1. The summed E-state index contributed by atoms with van der Waals surface area (Å²) in [5.41, 5.74) is 1.94. The molecule has 2 aromatic carbocycles. The summed E-state index contributed by atoms with van der Waals surface area (Å²) in [7, 11) is 0.